The number of amides is 1. The summed E-state index contributed by atoms with van der Waals surface area (Å²) in [5.41, 5.74) is 0. The molecule has 1 aliphatic heterocycles. The van der Waals surface area contributed by atoms with Gasteiger partial charge in [-0.3, -0.25) is 9.69 Å². The second-order valence-electron chi connectivity index (χ2n) is 3.98. The van der Waals surface area contributed by atoms with E-state index in [1.54, 1.807) is 7.05 Å². The Morgan fingerprint density at radius 2 is 2.29 bits per heavy atom. The molecule has 0 bridgehead atoms. The molecule has 0 radical (unpaired) electrons. The van der Waals surface area contributed by atoms with Crippen LogP contribution in [0.1, 0.15) is 20.3 Å². The van der Waals surface area contributed by atoms with Crippen LogP contribution >= 0.6 is 0 Å². The van der Waals surface area contributed by atoms with Gasteiger partial charge in [0, 0.05) is 20.1 Å². The van der Waals surface area contributed by atoms with Gasteiger partial charge in [-0.15, -0.1) is 0 Å². The van der Waals surface area contributed by atoms with Crippen molar-refractivity contribution in [3.63, 3.8) is 0 Å². The van der Waals surface area contributed by atoms with Gasteiger partial charge in [0.05, 0.1) is 12.1 Å². The molecule has 3 atom stereocenters. The number of nitrogens with one attached hydrogen (secondary N) is 1. The zero-order valence-corrected chi connectivity index (χ0v) is 9.16. The van der Waals surface area contributed by atoms with E-state index in [2.05, 4.69) is 12.2 Å². The fourth-order valence-corrected chi connectivity index (χ4v) is 1.98. The number of likely N-dealkylation sites (N-methyl/N-ethyl adjacent to an activating group) is 1. The highest BCUT2D eigenvalue weighted by Gasteiger charge is 2.34. The van der Waals surface area contributed by atoms with E-state index in [0.717, 1.165) is 13.0 Å². The summed E-state index contributed by atoms with van der Waals surface area (Å²) in [6.07, 6.45) is 0.699. The van der Waals surface area contributed by atoms with Gasteiger partial charge in [0.25, 0.3) is 0 Å². The first-order valence-corrected chi connectivity index (χ1v) is 5.23. The molecule has 1 saturated heterocycles. The Kier molecular flexibility index (Phi) is 3.89. The molecule has 0 aromatic heterocycles. The zero-order valence-electron chi connectivity index (χ0n) is 9.16. The lowest BCUT2D eigenvalue weighted by atomic mass is 10.0. The molecule has 0 aromatic carbocycles. The van der Waals surface area contributed by atoms with Crippen LogP contribution in [0.4, 0.5) is 0 Å². The number of hydrogen-bond acceptors (Lipinski definition) is 3. The van der Waals surface area contributed by atoms with E-state index < -0.39 is 0 Å². The van der Waals surface area contributed by atoms with Crippen molar-refractivity contribution in [2.24, 2.45) is 5.92 Å². The highest BCUT2D eigenvalue weighted by atomic mass is 16.3. The predicted octanol–water partition coefficient (Wildman–Crippen LogP) is -0.176. The van der Waals surface area contributed by atoms with Gasteiger partial charge in [-0.25, -0.2) is 0 Å². The fourth-order valence-electron chi connectivity index (χ4n) is 1.98. The van der Waals surface area contributed by atoms with Crippen molar-refractivity contribution in [1.29, 1.82) is 0 Å². The molecule has 4 heteroatoms. The Labute approximate surface area is 85.3 Å². The monoisotopic (exact) mass is 200 g/mol. The van der Waals surface area contributed by atoms with Gasteiger partial charge < -0.3 is 10.4 Å². The minimum Gasteiger partial charge on any atom is -0.391 e. The molecule has 0 aromatic rings. The van der Waals surface area contributed by atoms with Crippen LogP contribution in [-0.2, 0) is 4.79 Å². The Morgan fingerprint density at radius 3 is 2.71 bits per heavy atom. The lowest BCUT2D eigenvalue weighted by molar-refractivity contribution is -0.125. The standard InChI is InChI=1S/C10H20N2O2/c1-4-8-5-12(6-9(8)13)7(2)10(14)11-3/h7-9,13H,4-6H2,1-3H3,(H,11,14). The molecule has 82 valence electrons. The predicted molar refractivity (Wildman–Crippen MR) is 54.9 cm³/mol. The molecular weight excluding hydrogens is 180 g/mol. The molecule has 0 aliphatic carbocycles. The van der Waals surface area contributed by atoms with E-state index in [1.165, 1.54) is 0 Å². The Bertz CT molecular complexity index is 208. The van der Waals surface area contributed by atoms with Crippen molar-refractivity contribution in [3.8, 4) is 0 Å². The first kappa shape index (κ1) is 11.5. The molecular formula is C10H20N2O2. The normalized spacial score (nSPS) is 30.3. The third-order valence-corrected chi connectivity index (χ3v) is 3.13. The number of β-amino-alcohol motifs (C(OH)–C–C–N with tert-alkyl or cyclic N) is 1. The number of hydrogen-bond donors (Lipinski definition) is 2. The van der Waals surface area contributed by atoms with Gasteiger partial charge in [-0.2, -0.15) is 0 Å². The van der Waals surface area contributed by atoms with Crippen LogP contribution in [0.3, 0.4) is 0 Å². The number of carbonyl (C=O) groups excluding carboxylic acids is 1. The quantitative estimate of drug-likeness (QED) is 0.664. The average Bonchev–Trinajstić information content (AvgIpc) is 2.57. The van der Waals surface area contributed by atoms with Gasteiger partial charge in [-0.1, -0.05) is 6.92 Å². The summed E-state index contributed by atoms with van der Waals surface area (Å²) < 4.78 is 0. The topological polar surface area (TPSA) is 52.6 Å². The third kappa shape index (κ3) is 2.25. The largest absolute Gasteiger partial charge is 0.391 e. The summed E-state index contributed by atoms with van der Waals surface area (Å²) in [5, 5.41) is 12.3. The van der Waals surface area contributed by atoms with E-state index in [4.69, 9.17) is 0 Å². The van der Waals surface area contributed by atoms with Crippen molar-refractivity contribution in [1.82, 2.24) is 10.2 Å². The summed E-state index contributed by atoms with van der Waals surface area (Å²) >= 11 is 0. The molecule has 1 heterocycles. The Hall–Kier alpha value is -0.610. The maximum Gasteiger partial charge on any atom is 0.236 e. The van der Waals surface area contributed by atoms with Crippen LogP contribution in [-0.4, -0.2) is 48.2 Å². The number of likely N-dealkylation sites (tertiary alicyclic amines) is 1. The summed E-state index contributed by atoms with van der Waals surface area (Å²) in [7, 11) is 1.64. The molecule has 1 aliphatic rings. The van der Waals surface area contributed by atoms with E-state index in [1.807, 2.05) is 11.8 Å². The average molecular weight is 200 g/mol. The van der Waals surface area contributed by atoms with Crippen LogP contribution in [0.15, 0.2) is 0 Å². The highest BCUT2D eigenvalue weighted by Crippen LogP contribution is 2.21. The molecule has 1 rings (SSSR count). The maximum atomic E-state index is 11.4. The van der Waals surface area contributed by atoms with E-state index in [9.17, 15) is 9.90 Å². The van der Waals surface area contributed by atoms with Crippen LogP contribution in [0, 0.1) is 5.92 Å². The first-order valence-electron chi connectivity index (χ1n) is 5.23. The minimum atomic E-state index is -0.271. The van der Waals surface area contributed by atoms with Crippen LogP contribution < -0.4 is 5.32 Å². The van der Waals surface area contributed by atoms with Crippen molar-refractivity contribution in [2.45, 2.75) is 32.4 Å². The second-order valence-corrected chi connectivity index (χ2v) is 3.98. The van der Waals surface area contributed by atoms with E-state index in [0.29, 0.717) is 12.5 Å². The van der Waals surface area contributed by atoms with Crippen LogP contribution in [0.5, 0.6) is 0 Å². The maximum absolute atomic E-state index is 11.4. The van der Waals surface area contributed by atoms with Gasteiger partial charge in [0.15, 0.2) is 0 Å². The molecule has 4 nitrogen and oxygen atoms in total. The Balaban J connectivity index is 2.52. The Morgan fingerprint density at radius 1 is 1.64 bits per heavy atom. The van der Waals surface area contributed by atoms with Crippen molar-refractivity contribution >= 4 is 5.91 Å². The molecule has 0 spiro atoms. The summed E-state index contributed by atoms with van der Waals surface area (Å²) in [4.78, 5) is 13.4. The lowest BCUT2D eigenvalue weighted by Gasteiger charge is -2.22. The van der Waals surface area contributed by atoms with Crippen molar-refractivity contribution in [2.75, 3.05) is 20.1 Å². The van der Waals surface area contributed by atoms with Crippen LogP contribution in [0.25, 0.3) is 0 Å². The second kappa shape index (κ2) is 4.75. The van der Waals surface area contributed by atoms with Gasteiger partial charge in [-0.05, 0) is 19.3 Å². The van der Waals surface area contributed by atoms with Gasteiger partial charge >= 0.3 is 0 Å². The number of aliphatic hydroxyl groups excluding tert-OH is 1. The lowest BCUT2D eigenvalue weighted by Crippen LogP contribution is -2.43. The van der Waals surface area contributed by atoms with Gasteiger partial charge in [0.1, 0.15) is 0 Å². The van der Waals surface area contributed by atoms with Crippen molar-refractivity contribution in [3.05, 3.63) is 0 Å². The fraction of sp³-hybridized carbons (Fsp3) is 0.900. The molecule has 3 unspecified atom stereocenters. The van der Waals surface area contributed by atoms with Gasteiger partial charge in [0.2, 0.25) is 5.91 Å². The zero-order chi connectivity index (χ0) is 10.7. The minimum absolute atomic E-state index is 0.0222. The third-order valence-electron chi connectivity index (χ3n) is 3.13. The number of rotatable bonds is 3. The van der Waals surface area contributed by atoms with E-state index >= 15 is 0 Å². The smallest absolute Gasteiger partial charge is 0.236 e. The molecule has 0 saturated carbocycles. The van der Waals surface area contributed by atoms with E-state index in [-0.39, 0.29) is 18.1 Å². The number of aliphatic hydroxyl groups is 1. The summed E-state index contributed by atoms with van der Waals surface area (Å²) in [6, 6.07) is -0.133. The first-order chi connectivity index (χ1) is 6.60. The molecule has 1 fully saturated rings. The summed E-state index contributed by atoms with van der Waals surface area (Å²) in [5.74, 6) is 0.344. The summed E-state index contributed by atoms with van der Waals surface area (Å²) in [6.45, 7) is 5.39. The number of carbonyl (C=O) groups is 1. The SMILES string of the molecule is CCC1CN(C(C)C(=O)NC)CC1O. The molecule has 1 amide bonds. The number of nitrogens with zero attached hydrogens (tertiary/aromatic N) is 1. The van der Waals surface area contributed by atoms with Crippen LogP contribution in [0.2, 0.25) is 0 Å². The molecule has 14 heavy (non-hydrogen) atoms. The molecule has 2 N–H and O–H groups in total. The highest BCUT2D eigenvalue weighted by molar-refractivity contribution is 5.81. The van der Waals surface area contributed by atoms with Crippen molar-refractivity contribution < 1.29 is 9.90 Å².